The predicted molar refractivity (Wildman–Crippen MR) is 104 cm³/mol. The van der Waals surface area contributed by atoms with E-state index in [4.69, 9.17) is 23.2 Å². The Kier molecular flexibility index (Phi) is 11.6. The van der Waals surface area contributed by atoms with E-state index in [-0.39, 0.29) is 53.8 Å². The zero-order valence-corrected chi connectivity index (χ0v) is 20.5. The minimum absolute atomic E-state index is 0. The van der Waals surface area contributed by atoms with E-state index in [1.54, 1.807) is 6.07 Å². The molecular formula is C16H14BrCl4MgNO2S. The van der Waals surface area contributed by atoms with Crippen molar-refractivity contribution < 1.29 is 33.6 Å². The van der Waals surface area contributed by atoms with E-state index in [1.807, 2.05) is 42.3 Å². The molecule has 1 N–H and O–H groups in total. The number of likely N-dealkylation sites (N-methyl/N-ethyl adjacent to an activating group) is 1. The van der Waals surface area contributed by atoms with Gasteiger partial charge in [0, 0.05) is 32.5 Å². The molecule has 0 saturated heterocycles. The third kappa shape index (κ3) is 5.50. The van der Waals surface area contributed by atoms with Crippen LogP contribution in [-0.4, -0.2) is 50.3 Å². The van der Waals surface area contributed by atoms with Gasteiger partial charge < -0.3 is 29.4 Å². The summed E-state index contributed by atoms with van der Waals surface area (Å²) in [7, 11) is 1.83. The van der Waals surface area contributed by atoms with Crippen molar-refractivity contribution in [3.05, 3.63) is 67.6 Å². The van der Waals surface area contributed by atoms with Crippen molar-refractivity contribution in [1.82, 2.24) is 4.90 Å². The first-order chi connectivity index (χ1) is 10.9. The van der Waals surface area contributed by atoms with Crippen LogP contribution in [0.5, 0.6) is 0 Å². The summed E-state index contributed by atoms with van der Waals surface area (Å²) in [5.74, 6) is 0.0310. The van der Waals surface area contributed by atoms with Gasteiger partial charge in [-0.3, -0.25) is 4.90 Å². The predicted octanol–water partition coefficient (Wildman–Crippen LogP) is -1.32. The minimum Gasteiger partial charge on any atom is -1.00 e. The van der Waals surface area contributed by atoms with E-state index in [9.17, 15) is 8.76 Å². The van der Waals surface area contributed by atoms with Crippen molar-refractivity contribution in [2.75, 3.05) is 13.6 Å². The third-order valence-electron chi connectivity index (χ3n) is 4.06. The summed E-state index contributed by atoms with van der Waals surface area (Å²) in [5, 5.41) is 0.297. The van der Waals surface area contributed by atoms with Crippen LogP contribution in [0.1, 0.15) is 28.0 Å². The number of rotatable bonds is 2. The topological polar surface area (TPSA) is 40.5 Å². The summed E-state index contributed by atoms with van der Waals surface area (Å²) in [6.45, 7) is 0.608. The van der Waals surface area contributed by atoms with Crippen LogP contribution in [-0.2, 0) is 11.1 Å². The average molecular weight is 530 g/mol. The van der Waals surface area contributed by atoms with E-state index in [0.717, 1.165) is 15.6 Å². The van der Waals surface area contributed by atoms with Gasteiger partial charge in [-0.25, -0.2) is 4.21 Å². The SMILES string of the molecule is CN1CC(c2cccc(Br)c2)c2cc(Cl)cc(Cl)c2[C@@H]1S(=O)O.[Cl-].[Cl-].[Mg+2]. The standard InChI is InChI=1S/C16H14BrCl2NO2S.2ClH.Mg/c1-20-8-13(9-3-2-4-10(17)5-9)12-6-11(18)7-14(19)15(12)16(20)23(21)22;;;/h2-7,13,16H,8H2,1H3,(H,21,22);2*1H;/q;;;+2/p-2/t13?,16-;;;/m0.../s1. The normalized spacial score (nSPS) is 20.0. The average Bonchev–Trinajstić information content (AvgIpc) is 2.46. The van der Waals surface area contributed by atoms with Crippen molar-refractivity contribution in [2.45, 2.75) is 11.3 Å². The summed E-state index contributed by atoms with van der Waals surface area (Å²) in [5.41, 5.74) is 2.69. The Hall–Kier alpha value is 0.916. The zero-order chi connectivity index (χ0) is 16.7. The van der Waals surface area contributed by atoms with Gasteiger partial charge in [0.05, 0.1) is 0 Å². The first-order valence-corrected chi connectivity index (χ1v) is 9.64. The Morgan fingerprint density at radius 1 is 1.23 bits per heavy atom. The number of hydrogen-bond donors (Lipinski definition) is 1. The maximum atomic E-state index is 11.8. The molecule has 0 bridgehead atoms. The van der Waals surface area contributed by atoms with E-state index in [0.29, 0.717) is 22.2 Å². The molecule has 26 heavy (non-hydrogen) atoms. The van der Waals surface area contributed by atoms with Gasteiger partial charge >= 0.3 is 23.1 Å². The van der Waals surface area contributed by atoms with Gasteiger partial charge in [0.25, 0.3) is 0 Å². The Labute approximate surface area is 202 Å². The van der Waals surface area contributed by atoms with Gasteiger partial charge in [-0.2, -0.15) is 0 Å². The van der Waals surface area contributed by atoms with Gasteiger partial charge in [0.2, 0.25) is 0 Å². The first-order valence-electron chi connectivity index (χ1n) is 6.92. The molecule has 3 nitrogen and oxygen atoms in total. The molecule has 0 aliphatic carbocycles. The van der Waals surface area contributed by atoms with Crippen LogP contribution in [0.4, 0.5) is 0 Å². The first kappa shape index (κ1) is 26.9. The molecule has 0 radical (unpaired) electrons. The Morgan fingerprint density at radius 2 is 1.88 bits per heavy atom. The van der Waals surface area contributed by atoms with E-state index >= 15 is 0 Å². The molecule has 3 atom stereocenters. The van der Waals surface area contributed by atoms with Crippen molar-refractivity contribution in [3.8, 4) is 0 Å². The van der Waals surface area contributed by atoms with Gasteiger partial charge in [0.1, 0.15) is 5.37 Å². The van der Waals surface area contributed by atoms with Crippen LogP contribution < -0.4 is 24.8 Å². The van der Waals surface area contributed by atoms with Gasteiger partial charge in [-0.15, -0.1) is 0 Å². The number of fused-ring (bicyclic) bond motifs is 1. The molecule has 1 heterocycles. The third-order valence-corrected chi connectivity index (χ3v) is 6.06. The molecular weight excluding hydrogens is 516 g/mol. The summed E-state index contributed by atoms with van der Waals surface area (Å²) >= 11 is 14.0. The molecule has 1 aliphatic heterocycles. The van der Waals surface area contributed by atoms with Gasteiger partial charge in [-0.1, -0.05) is 51.3 Å². The molecule has 10 heteroatoms. The fourth-order valence-electron chi connectivity index (χ4n) is 3.12. The second kappa shape index (κ2) is 11.2. The van der Waals surface area contributed by atoms with Crippen LogP contribution in [0.25, 0.3) is 0 Å². The Morgan fingerprint density at radius 3 is 2.46 bits per heavy atom. The Balaban J connectivity index is 0.00000208. The molecule has 0 saturated carbocycles. The molecule has 2 unspecified atom stereocenters. The fourth-order valence-corrected chi connectivity index (χ4v) is 5.07. The molecule has 1 aliphatic rings. The fraction of sp³-hybridized carbons (Fsp3) is 0.250. The zero-order valence-electron chi connectivity index (χ0n) is 13.6. The molecule has 2 aromatic rings. The quantitative estimate of drug-likeness (QED) is 0.387. The van der Waals surface area contributed by atoms with Crippen LogP contribution in [0.2, 0.25) is 10.0 Å². The number of nitrogens with zero attached hydrogens (tertiary/aromatic N) is 1. The molecule has 0 fully saturated rings. The molecule has 0 aromatic heterocycles. The largest absolute Gasteiger partial charge is 2.00 e. The van der Waals surface area contributed by atoms with Crippen LogP contribution in [0.15, 0.2) is 40.9 Å². The molecule has 0 spiro atoms. The molecule has 2 aromatic carbocycles. The Bertz CT molecular complexity index is 799. The molecule has 138 valence electrons. The maximum absolute atomic E-state index is 11.8. The minimum atomic E-state index is -2.05. The number of benzene rings is 2. The van der Waals surface area contributed by atoms with Crippen molar-refractivity contribution >= 4 is 73.3 Å². The van der Waals surface area contributed by atoms with Gasteiger partial charge in [-0.05, 0) is 42.4 Å². The van der Waals surface area contributed by atoms with Crippen LogP contribution in [0, 0.1) is 0 Å². The summed E-state index contributed by atoms with van der Waals surface area (Å²) in [4.78, 5) is 1.86. The van der Waals surface area contributed by atoms with Crippen molar-refractivity contribution in [2.24, 2.45) is 0 Å². The summed E-state index contributed by atoms with van der Waals surface area (Å²) in [6, 6.07) is 11.5. The molecule has 0 amide bonds. The monoisotopic (exact) mass is 527 g/mol. The summed E-state index contributed by atoms with van der Waals surface area (Å²) in [6.07, 6.45) is 0. The van der Waals surface area contributed by atoms with Crippen molar-refractivity contribution in [3.63, 3.8) is 0 Å². The van der Waals surface area contributed by atoms with Gasteiger partial charge in [0.15, 0.2) is 11.1 Å². The maximum Gasteiger partial charge on any atom is 2.00 e. The second-order valence-corrected chi connectivity index (χ2v) is 8.32. The van der Waals surface area contributed by atoms with Crippen LogP contribution >= 0.6 is 39.1 Å². The van der Waals surface area contributed by atoms with E-state index in [1.165, 1.54) is 0 Å². The van der Waals surface area contributed by atoms with Crippen LogP contribution in [0.3, 0.4) is 0 Å². The van der Waals surface area contributed by atoms with E-state index in [2.05, 4.69) is 15.9 Å². The smallest absolute Gasteiger partial charge is 1.00 e. The molecule has 3 rings (SSSR count). The second-order valence-electron chi connectivity index (χ2n) is 5.57. The van der Waals surface area contributed by atoms with E-state index < -0.39 is 16.5 Å². The number of hydrogen-bond acceptors (Lipinski definition) is 2. The summed E-state index contributed by atoms with van der Waals surface area (Å²) < 4.78 is 22.5. The number of halogens is 5. The van der Waals surface area contributed by atoms with Crippen molar-refractivity contribution in [1.29, 1.82) is 0 Å².